The first-order valence-corrected chi connectivity index (χ1v) is 5.13. The fraction of sp³-hybridized carbons (Fsp3) is 0.154. The molecule has 2 aromatic rings. The Morgan fingerprint density at radius 2 is 2.12 bits per heavy atom. The molecule has 17 heavy (non-hydrogen) atoms. The highest BCUT2D eigenvalue weighted by atomic mass is 19.1. The molecule has 4 heteroatoms. The minimum Gasteiger partial charge on any atom is -0.495 e. The van der Waals surface area contributed by atoms with E-state index in [9.17, 15) is 9.50 Å². The standard InChI is InChI=1S/C13H12FNO2/c1-17-12-4-10(6-15-7-12)13-5-11(14)3-2-9(13)8-16/h2-7,16H,8H2,1H3. The maximum absolute atomic E-state index is 13.2. The van der Waals surface area contributed by atoms with Gasteiger partial charge < -0.3 is 9.84 Å². The number of aromatic nitrogens is 1. The lowest BCUT2D eigenvalue weighted by Gasteiger charge is -2.08. The lowest BCUT2D eigenvalue weighted by atomic mass is 10.0. The van der Waals surface area contributed by atoms with Crippen molar-refractivity contribution in [3.63, 3.8) is 0 Å². The van der Waals surface area contributed by atoms with Crippen LogP contribution in [0.2, 0.25) is 0 Å². The minimum absolute atomic E-state index is 0.146. The average molecular weight is 233 g/mol. The van der Waals surface area contributed by atoms with E-state index in [2.05, 4.69) is 4.98 Å². The van der Waals surface area contributed by atoms with Gasteiger partial charge in [0.25, 0.3) is 0 Å². The molecule has 0 radical (unpaired) electrons. The molecule has 1 N–H and O–H groups in total. The van der Waals surface area contributed by atoms with Crippen molar-refractivity contribution >= 4 is 0 Å². The molecule has 0 amide bonds. The number of rotatable bonds is 3. The first-order chi connectivity index (χ1) is 8.24. The Labute approximate surface area is 98.5 Å². The summed E-state index contributed by atoms with van der Waals surface area (Å²) in [7, 11) is 1.54. The largest absolute Gasteiger partial charge is 0.495 e. The molecule has 0 aliphatic rings. The number of benzene rings is 1. The van der Waals surface area contributed by atoms with Crippen LogP contribution in [0.4, 0.5) is 4.39 Å². The lowest BCUT2D eigenvalue weighted by molar-refractivity contribution is 0.282. The van der Waals surface area contributed by atoms with E-state index in [1.165, 1.54) is 12.1 Å². The summed E-state index contributed by atoms with van der Waals surface area (Å²) in [6.07, 6.45) is 3.18. The van der Waals surface area contributed by atoms with Gasteiger partial charge in [-0.25, -0.2) is 4.39 Å². The van der Waals surface area contributed by atoms with E-state index in [0.717, 1.165) is 0 Å². The number of halogens is 1. The van der Waals surface area contributed by atoms with E-state index in [0.29, 0.717) is 22.4 Å². The molecule has 2 rings (SSSR count). The normalized spacial score (nSPS) is 10.3. The minimum atomic E-state index is -0.347. The van der Waals surface area contributed by atoms with Gasteiger partial charge in [-0.2, -0.15) is 0 Å². The zero-order valence-electron chi connectivity index (χ0n) is 9.35. The summed E-state index contributed by atoms with van der Waals surface area (Å²) in [5.74, 6) is 0.246. The van der Waals surface area contributed by atoms with Crippen LogP contribution in [0.5, 0.6) is 5.75 Å². The van der Waals surface area contributed by atoms with E-state index >= 15 is 0 Å². The van der Waals surface area contributed by atoms with Crippen LogP contribution in [-0.2, 0) is 6.61 Å². The number of aliphatic hydroxyl groups excluding tert-OH is 1. The number of nitrogens with zero attached hydrogens (tertiary/aromatic N) is 1. The second-order valence-corrected chi connectivity index (χ2v) is 3.57. The quantitative estimate of drug-likeness (QED) is 0.885. The van der Waals surface area contributed by atoms with Crippen molar-refractivity contribution in [3.8, 4) is 16.9 Å². The lowest BCUT2D eigenvalue weighted by Crippen LogP contribution is -1.92. The third kappa shape index (κ3) is 2.42. The number of methoxy groups -OCH3 is 1. The Hall–Kier alpha value is -1.94. The SMILES string of the molecule is COc1cncc(-c2cc(F)ccc2CO)c1. The van der Waals surface area contributed by atoms with Crippen molar-refractivity contribution < 1.29 is 14.2 Å². The highest BCUT2D eigenvalue weighted by Crippen LogP contribution is 2.26. The molecular weight excluding hydrogens is 221 g/mol. The van der Waals surface area contributed by atoms with Crippen LogP contribution in [0.3, 0.4) is 0 Å². The molecule has 0 fully saturated rings. The Morgan fingerprint density at radius 1 is 1.29 bits per heavy atom. The van der Waals surface area contributed by atoms with Crippen molar-refractivity contribution in [2.45, 2.75) is 6.61 Å². The second-order valence-electron chi connectivity index (χ2n) is 3.57. The van der Waals surface area contributed by atoms with Gasteiger partial charge in [-0.05, 0) is 29.3 Å². The third-order valence-corrected chi connectivity index (χ3v) is 2.50. The Kier molecular flexibility index (Phi) is 3.35. The zero-order chi connectivity index (χ0) is 12.3. The molecule has 0 atom stereocenters. The third-order valence-electron chi connectivity index (χ3n) is 2.50. The Morgan fingerprint density at radius 3 is 2.82 bits per heavy atom. The summed E-state index contributed by atoms with van der Waals surface area (Å²) in [6, 6.07) is 6.01. The Balaban J connectivity index is 2.54. The highest BCUT2D eigenvalue weighted by molar-refractivity contribution is 5.67. The number of hydrogen-bond acceptors (Lipinski definition) is 3. The molecule has 1 heterocycles. The summed E-state index contributed by atoms with van der Waals surface area (Å²) in [5, 5.41) is 9.22. The number of ether oxygens (including phenoxy) is 1. The van der Waals surface area contributed by atoms with Crippen LogP contribution in [-0.4, -0.2) is 17.2 Å². The van der Waals surface area contributed by atoms with Crippen LogP contribution in [0.1, 0.15) is 5.56 Å². The first-order valence-electron chi connectivity index (χ1n) is 5.13. The molecule has 0 saturated carbocycles. The van der Waals surface area contributed by atoms with E-state index in [1.807, 2.05) is 0 Å². The van der Waals surface area contributed by atoms with Crippen molar-refractivity contribution in [1.82, 2.24) is 4.98 Å². The van der Waals surface area contributed by atoms with Gasteiger partial charge >= 0.3 is 0 Å². The fourth-order valence-corrected chi connectivity index (χ4v) is 1.63. The van der Waals surface area contributed by atoms with Crippen LogP contribution in [0.25, 0.3) is 11.1 Å². The number of hydrogen-bond donors (Lipinski definition) is 1. The average Bonchev–Trinajstić information content (AvgIpc) is 2.39. The van der Waals surface area contributed by atoms with E-state index in [4.69, 9.17) is 4.74 Å². The van der Waals surface area contributed by atoms with Crippen molar-refractivity contribution in [3.05, 3.63) is 48.0 Å². The van der Waals surface area contributed by atoms with E-state index < -0.39 is 0 Å². The van der Waals surface area contributed by atoms with Gasteiger partial charge in [0.05, 0.1) is 19.9 Å². The summed E-state index contributed by atoms with van der Waals surface area (Å²) in [5.41, 5.74) is 1.99. The second kappa shape index (κ2) is 4.93. The van der Waals surface area contributed by atoms with Gasteiger partial charge in [0.2, 0.25) is 0 Å². The molecule has 0 aliphatic heterocycles. The van der Waals surface area contributed by atoms with Gasteiger partial charge in [-0.1, -0.05) is 6.07 Å². The van der Waals surface area contributed by atoms with Crippen molar-refractivity contribution in [2.75, 3.05) is 7.11 Å². The molecule has 0 aliphatic carbocycles. The summed E-state index contributed by atoms with van der Waals surface area (Å²) >= 11 is 0. The topological polar surface area (TPSA) is 42.4 Å². The molecule has 0 bridgehead atoms. The molecule has 0 saturated heterocycles. The van der Waals surface area contributed by atoms with Crippen LogP contribution < -0.4 is 4.74 Å². The van der Waals surface area contributed by atoms with Crippen molar-refractivity contribution in [1.29, 1.82) is 0 Å². The molecule has 1 aromatic carbocycles. The van der Waals surface area contributed by atoms with Gasteiger partial charge in [0.15, 0.2) is 0 Å². The Bertz CT molecular complexity index is 529. The fourth-order valence-electron chi connectivity index (χ4n) is 1.63. The summed E-state index contributed by atoms with van der Waals surface area (Å²) in [6.45, 7) is -0.146. The molecular formula is C13H12FNO2. The van der Waals surface area contributed by atoms with Crippen LogP contribution in [0.15, 0.2) is 36.7 Å². The van der Waals surface area contributed by atoms with Gasteiger partial charge in [-0.3, -0.25) is 4.98 Å². The van der Waals surface area contributed by atoms with Gasteiger partial charge in [-0.15, -0.1) is 0 Å². The summed E-state index contributed by atoms with van der Waals surface area (Å²) < 4.78 is 18.3. The predicted molar refractivity (Wildman–Crippen MR) is 62.1 cm³/mol. The zero-order valence-corrected chi connectivity index (χ0v) is 9.35. The molecule has 1 aromatic heterocycles. The van der Waals surface area contributed by atoms with Crippen molar-refractivity contribution in [2.24, 2.45) is 0 Å². The number of aliphatic hydroxyl groups is 1. The van der Waals surface area contributed by atoms with Gasteiger partial charge in [0.1, 0.15) is 11.6 Å². The predicted octanol–water partition coefficient (Wildman–Crippen LogP) is 2.39. The van der Waals surface area contributed by atoms with Gasteiger partial charge in [0, 0.05) is 11.8 Å². The molecule has 0 unspecified atom stereocenters. The first kappa shape index (κ1) is 11.5. The van der Waals surface area contributed by atoms with E-state index in [-0.39, 0.29) is 12.4 Å². The number of pyridine rings is 1. The monoisotopic (exact) mass is 233 g/mol. The van der Waals surface area contributed by atoms with Crippen LogP contribution >= 0.6 is 0 Å². The maximum Gasteiger partial charge on any atom is 0.137 e. The maximum atomic E-state index is 13.2. The highest BCUT2D eigenvalue weighted by Gasteiger charge is 2.07. The molecule has 0 spiro atoms. The van der Waals surface area contributed by atoms with Crippen LogP contribution in [0, 0.1) is 5.82 Å². The molecule has 3 nitrogen and oxygen atoms in total. The smallest absolute Gasteiger partial charge is 0.137 e. The van der Waals surface area contributed by atoms with E-state index in [1.54, 1.807) is 31.6 Å². The molecule has 88 valence electrons. The summed E-state index contributed by atoms with van der Waals surface area (Å²) in [4.78, 5) is 4.01.